The van der Waals surface area contributed by atoms with Gasteiger partial charge in [0.15, 0.2) is 5.81 Å². The van der Waals surface area contributed by atoms with E-state index in [1.807, 2.05) is 20.8 Å². The lowest BCUT2D eigenvalue weighted by atomic mass is 10.0. The van der Waals surface area contributed by atoms with E-state index in [-0.39, 0.29) is 0 Å². The normalized spacial score (nSPS) is 16.4. The highest BCUT2D eigenvalue weighted by atomic mass is 31.2. The molecule has 0 saturated carbocycles. The molecule has 5 heteroatoms. The van der Waals surface area contributed by atoms with Crippen molar-refractivity contribution in [3.63, 3.8) is 0 Å². The molecule has 4 nitrogen and oxygen atoms in total. The Morgan fingerprint density at radius 2 is 1.86 bits per heavy atom. The lowest BCUT2D eigenvalue weighted by Gasteiger charge is -2.31. The molecule has 82 valence electrons. The third kappa shape index (κ3) is 3.09. The van der Waals surface area contributed by atoms with E-state index in [4.69, 9.17) is 9.79 Å². The Kier molecular flexibility index (Phi) is 4.80. The Bertz CT molecular complexity index is 266. The fourth-order valence-corrected chi connectivity index (χ4v) is 2.11. The van der Waals surface area contributed by atoms with Gasteiger partial charge in [0.05, 0.1) is 5.60 Å². The SMILES string of the molecule is CCC(C)(CC)OP(=O)(C#N)N(C)C. The first kappa shape index (κ1) is 13.6. The zero-order chi connectivity index (χ0) is 11.4. The summed E-state index contributed by atoms with van der Waals surface area (Å²) in [5.41, 5.74) is -0.477. The van der Waals surface area contributed by atoms with Crippen LogP contribution in [0.3, 0.4) is 0 Å². The van der Waals surface area contributed by atoms with Gasteiger partial charge in [0.1, 0.15) is 0 Å². The van der Waals surface area contributed by atoms with Gasteiger partial charge in [-0.2, -0.15) is 5.26 Å². The molecule has 0 aromatic heterocycles. The summed E-state index contributed by atoms with van der Waals surface area (Å²) in [5, 5.41) is 8.83. The van der Waals surface area contributed by atoms with Crippen LogP contribution in [0.25, 0.3) is 0 Å². The topological polar surface area (TPSA) is 53.3 Å². The van der Waals surface area contributed by atoms with Crippen LogP contribution in [-0.2, 0) is 9.09 Å². The molecule has 0 fully saturated rings. The molecule has 1 atom stereocenters. The standard InChI is InChI=1S/C9H19N2O2P/c1-6-9(3,7-2)13-14(12,8-10)11(4)5/h6-7H2,1-5H3. The zero-order valence-electron chi connectivity index (χ0n) is 9.57. The molecule has 0 aliphatic carbocycles. The Hall–Kier alpha value is -0.360. The van der Waals surface area contributed by atoms with Gasteiger partial charge in [-0.3, -0.25) is 4.57 Å². The Morgan fingerprint density at radius 1 is 1.43 bits per heavy atom. The van der Waals surface area contributed by atoms with Crippen LogP contribution in [0.2, 0.25) is 0 Å². The van der Waals surface area contributed by atoms with Gasteiger partial charge in [-0.05, 0) is 33.9 Å². The van der Waals surface area contributed by atoms with E-state index in [1.165, 1.54) is 4.67 Å². The van der Waals surface area contributed by atoms with Gasteiger partial charge in [-0.15, -0.1) is 0 Å². The lowest BCUT2D eigenvalue weighted by molar-refractivity contribution is 0.0772. The van der Waals surface area contributed by atoms with E-state index in [1.54, 1.807) is 19.9 Å². The molecule has 0 aliphatic heterocycles. The monoisotopic (exact) mass is 218 g/mol. The van der Waals surface area contributed by atoms with Crippen LogP contribution >= 0.6 is 7.52 Å². The highest BCUT2D eigenvalue weighted by Crippen LogP contribution is 2.52. The van der Waals surface area contributed by atoms with Gasteiger partial charge < -0.3 is 4.52 Å². The highest BCUT2D eigenvalue weighted by Gasteiger charge is 2.35. The smallest absolute Gasteiger partial charge is 0.301 e. The first-order valence-electron chi connectivity index (χ1n) is 4.73. The van der Waals surface area contributed by atoms with Crippen molar-refractivity contribution in [1.82, 2.24) is 4.67 Å². The minimum absolute atomic E-state index is 0.477. The third-order valence-corrected chi connectivity index (χ3v) is 4.49. The minimum Gasteiger partial charge on any atom is -0.301 e. The van der Waals surface area contributed by atoms with Crippen LogP contribution in [0.5, 0.6) is 0 Å². The van der Waals surface area contributed by atoms with Gasteiger partial charge in [0.25, 0.3) is 0 Å². The van der Waals surface area contributed by atoms with Crippen LogP contribution in [0.1, 0.15) is 33.6 Å². The second-order valence-electron chi connectivity index (χ2n) is 3.72. The predicted molar refractivity (Wildman–Crippen MR) is 57.0 cm³/mol. The van der Waals surface area contributed by atoms with Crippen molar-refractivity contribution in [2.24, 2.45) is 0 Å². The molecule has 0 radical (unpaired) electrons. The second kappa shape index (κ2) is 4.93. The molecule has 0 bridgehead atoms. The summed E-state index contributed by atoms with van der Waals surface area (Å²) in [4.78, 5) is 0. The molecule has 0 spiro atoms. The molecule has 0 rings (SSSR count). The quantitative estimate of drug-likeness (QED) is 0.666. The van der Waals surface area contributed by atoms with E-state index >= 15 is 0 Å². The minimum atomic E-state index is -3.29. The molecule has 0 aromatic carbocycles. The summed E-state index contributed by atoms with van der Waals surface area (Å²) in [6.45, 7) is 5.79. The summed E-state index contributed by atoms with van der Waals surface area (Å²) in [6.07, 6.45) is 1.48. The van der Waals surface area contributed by atoms with Crippen LogP contribution < -0.4 is 0 Å². The van der Waals surface area contributed by atoms with Gasteiger partial charge in [0.2, 0.25) is 0 Å². The summed E-state index contributed by atoms with van der Waals surface area (Å²) in [7, 11) is -0.102. The van der Waals surface area contributed by atoms with Crippen molar-refractivity contribution >= 4 is 7.52 Å². The molecule has 1 unspecified atom stereocenters. The summed E-state index contributed by atoms with van der Waals surface area (Å²) < 4.78 is 18.8. The van der Waals surface area contributed by atoms with Gasteiger partial charge in [0, 0.05) is 0 Å². The van der Waals surface area contributed by atoms with Crippen molar-refractivity contribution in [2.75, 3.05) is 14.1 Å². The van der Waals surface area contributed by atoms with Crippen LogP contribution in [-0.4, -0.2) is 24.4 Å². The van der Waals surface area contributed by atoms with E-state index < -0.39 is 13.1 Å². The number of nitrogens with zero attached hydrogens (tertiary/aromatic N) is 2. The van der Waals surface area contributed by atoms with Gasteiger partial charge in [-0.25, -0.2) is 4.67 Å². The molecule has 0 saturated heterocycles. The van der Waals surface area contributed by atoms with E-state index in [9.17, 15) is 4.57 Å². The van der Waals surface area contributed by atoms with E-state index in [2.05, 4.69) is 0 Å². The van der Waals surface area contributed by atoms with E-state index in [0.717, 1.165) is 12.8 Å². The second-order valence-corrected chi connectivity index (χ2v) is 5.94. The number of hydrogen-bond donors (Lipinski definition) is 0. The molecular formula is C9H19N2O2P. The number of nitriles is 1. The van der Waals surface area contributed by atoms with Crippen LogP contribution in [0.15, 0.2) is 0 Å². The Balaban J connectivity index is 4.80. The molecule has 0 aromatic rings. The Morgan fingerprint density at radius 3 is 2.07 bits per heavy atom. The third-order valence-electron chi connectivity index (χ3n) is 2.49. The van der Waals surface area contributed by atoms with Gasteiger partial charge >= 0.3 is 7.52 Å². The van der Waals surface area contributed by atoms with Crippen LogP contribution in [0.4, 0.5) is 0 Å². The summed E-state index contributed by atoms with van der Waals surface area (Å²) in [6, 6.07) is 0. The summed E-state index contributed by atoms with van der Waals surface area (Å²) >= 11 is 0. The molecule has 0 aliphatic rings. The molecule has 0 heterocycles. The maximum atomic E-state index is 12.0. The average molecular weight is 218 g/mol. The largest absolute Gasteiger partial charge is 0.371 e. The number of hydrogen-bond acceptors (Lipinski definition) is 3. The van der Waals surface area contributed by atoms with Crippen molar-refractivity contribution in [3.8, 4) is 5.81 Å². The molecule has 0 N–H and O–H groups in total. The first-order chi connectivity index (χ1) is 6.33. The highest BCUT2D eigenvalue weighted by molar-refractivity contribution is 7.61. The van der Waals surface area contributed by atoms with Crippen molar-refractivity contribution in [3.05, 3.63) is 0 Å². The first-order valence-corrected chi connectivity index (χ1v) is 6.31. The zero-order valence-corrected chi connectivity index (χ0v) is 10.5. The van der Waals surface area contributed by atoms with Gasteiger partial charge in [-0.1, -0.05) is 13.8 Å². The molecule has 0 amide bonds. The molecular weight excluding hydrogens is 199 g/mol. The Labute approximate surface area is 86.4 Å². The van der Waals surface area contributed by atoms with Crippen molar-refractivity contribution in [1.29, 1.82) is 5.26 Å². The predicted octanol–water partition coefficient (Wildman–Crippen LogP) is 2.82. The molecule has 14 heavy (non-hydrogen) atoms. The maximum absolute atomic E-state index is 12.0. The fourth-order valence-electron chi connectivity index (χ4n) is 0.869. The average Bonchev–Trinajstić information content (AvgIpc) is 2.17. The number of rotatable bonds is 5. The van der Waals surface area contributed by atoms with Crippen molar-refractivity contribution < 1.29 is 9.09 Å². The van der Waals surface area contributed by atoms with Crippen LogP contribution in [0, 0.1) is 11.1 Å². The maximum Gasteiger partial charge on any atom is 0.371 e. The van der Waals surface area contributed by atoms with E-state index in [0.29, 0.717) is 0 Å². The lowest BCUT2D eigenvalue weighted by Crippen LogP contribution is -2.28. The fraction of sp³-hybridized carbons (Fsp3) is 0.889. The summed E-state index contributed by atoms with van der Waals surface area (Å²) in [5.74, 6) is 1.76. The van der Waals surface area contributed by atoms with Crippen molar-refractivity contribution in [2.45, 2.75) is 39.2 Å².